The Balaban J connectivity index is 1.40. The van der Waals surface area contributed by atoms with Crippen molar-refractivity contribution in [3.8, 4) is 11.5 Å². The van der Waals surface area contributed by atoms with Gasteiger partial charge in [-0.25, -0.2) is 0 Å². The molecule has 7 nitrogen and oxygen atoms in total. The van der Waals surface area contributed by atoms with E-state index in [2.05, 4.69) is 5.32 Å². The summed E-state index contributed by atoms with van der Waals surface area (Å²) in [5.74, 6) is 0.454. The van der Waals surface area contributed by atoms with Crippen LogP contribution in [0, 0.1) is 0 Å². The van der Waals surface area contributed by atoms with E-state index in [9.17, 15) is 14.4 Å². The first-order valence-corrected chi connectivity index (χ1v) is 9.54. The van der Waals surface area contributed by atoms with Gasteiger partial charge in [-0.3, -0.25) is 19.3 Å². The van der Waals surface area contributed by atoms with Crippen molar-refractivity contribution in [1.29, 1.82) is 0 Å². The lowest BCUT2D eigenvalue weighted by Gasteiger charge is -2.11. The van der Waals surface area contributed by atoms with Gasteiger partial charge in [0.05, 0.1) is 25.3 Å². The molecule has 150 valence electrons. The zero-order valence-corrected chi connectivity index (χ0v) is 16.4. The molecule has 7 heteroatoms. The van der Waals surface area contributed by atoms with E-state index in [0.29, 0.717) is 41.2 Å². The smallest absolute Gasteiger partial charge is 0.261 e. The van der Waals surface area contributed by atoms with Crippen molar-refractivity contribution < 1.29 is 23.9 Å². The largest absolute Gasteiger partial charge is 0.493 e. The molecule has 1 saturated carbocycles. The van der Waals surface area contributed by atoms with Crippen LogP contribution < -0.4 is 14.8 Å². The van der Waals surface area contributed by atoms with Gasteiger partial charge in [-0.15, -0.1) is 0 Å². The first-order valence-electron chi connectivity index (χ1n) is 9.54. The molecule has 0 saturated heterocycles. The van der Waals surface area contributed by atoms with E-state index >= 15 is 0 Å². The third-order valence-electron chi connectivity index (χ3n) is 5.24. The third-order valence-corrected chi connectivity index (χ3v) is 5.24. The monoisotopic (exact) mass is 394 g/mol. The highest BCUT2D eigenvalue weighted by molar-refractivity contribution is 6.22. The number of imide groups is 1. The number of methoxy groups -OCH3 is 2. The van der Waals surface area contributed by atoms with Gasteiger partial charge in [-0.05, 0) is 55.2 Å². The summed E-state index contributed by atoms with van der Waals surface area (Å²) in [5, 5.41) is 2.86. The number of ether oxygens (including phenoxy) is 2. The summed E-state index contributed by atoms with van der Waals surface area (Å²) < 4.78 is 10.5. The molecular weight excluding hydrogens is 372 g/mol. The van der Waals surface area contributed by atoms with E-state index in [0.717, 1.165) is 18.4 Å². The summed E-state index contributed by atoms with van der Waals surface area (Å²) in [6.07, 6.45) is 2.33. The van der Waals surface area contributed by atoms with E-state index in [4.69, 9.17) is 9.47 Å². The van der Waals surface area contributed by atoms with Crippen molar-refractivity contribution in [2.24, 2.45) is 0 Å². The lowest BCUT2D eigenvalue weighted by atomic mass is 10.1. The molecule has 0 aromatic heterocycles. The van der Waals surface area contributed by atoms with Crippen LogP contribution in [0.25, 0.3) is 0 Å². The maximum absolute atomic E-state index is 12.5. The Labute approximate surface area is 168 Å². The lowest BCUT2D eigenvalue weighted by Crippen LogP contribution is -2.31. The van der Waals surface area contributed by atoms with Crippen LogP contribution in [0.2, 0.25) is 0 Å². The van der Waals surface area contributed by atoms with Crippen molar-refractivity contribution >= 4 is 17.7 Å². The number of benzene rings is 2. The molecule has 3 amide bonds. The number of hydrogen-bond donors (Lipinski definition) is 1. The Morgan fingerprint density at radius 1 is 1.00 bits per heavy atom. The van der Waals surface area contributed by atoms with Gasteiger partial charge in [0.15, 0.2) is 11.5 Å². The van der Waals surface area contributed by atoms with Crippen molar-refractivity contribution in [3.63, 3.8) is 0 Å². The predicted octanol–water partition coefficient (Wildman–Crippen LogP) is 2.43. The standard InChI is InChI=1S/C22H22N2O5/c1-28-18-8-3-13(11-19(18)29-2)9-10-23-20(25)14-4-7-16-17(12-14)22(27)24(21(16)26)15-5-6-15/h3-4,7-8,11-12,15H,5-6,9-10H2,1-2H3,(H,23,25). The van der Waals surface area contributed by atoms with E-state index in [-0.39, 0.29) is 23.8 Å². The highest BCUT2D eigenvalue weighted by Gasteiger charge is 2.44. The molecule has 2 aromatic carbocycles. The normalized spacial score (nSPS) is 15.3. The average molecular weight is 394 g/mol. The van der Waals surface area contributed by atoms with Gasteiger partial charge >= 0.3 is 0 Å². The number of nitrogens with zero attached hydrogens (tertiary/aromatic N) is 1. The van der Waals surface area contributed by atoms with Crippen LogP contribution >= 0.6 is 0 Å². The molecule has 29 heavy (non-hydrogen) atoms. The van der Waals surface area contributed by atoms with Crippen LogP contribution in [0.4, 0.5) is 0 Å². The fourth-order valence-electron chi connectivity index (χ4n) is 3.52. The first-order chi connectivity index (χ1) is 14.0. The van der Waals surface area contributed by atoms with Crippen molar-refractivity contribution in [2.75, 3.05) is 20.8 Å². The molecule has 1 fully saturated rings. The SMILES string of the molecule is COc1ccc(CCNC(=O)c2ccc3c(c2)C(=O)N(C2CC2)C3=O)cc1OC. The van der Waals surface area contributed by atoms with Crippen LogP contribution in [-0.2, 0) is 6.42 Å². The molecule has 2 aliphatic rings. The summed E-state index contributed by atoms with van der Waals surface area (Å²) in [6, 6.07) is 10.3. The summed E-state index contributed by atoms with van der Waals surface area (Å²) in [7, 11) is 3.16. The zero-order valence-electron chi connectivity index (χ0n) is 16.4. The molecule has 2 aromatic rings. The quantitative estimate of drug-likeness (QED) is 0.729. The van der Waals surface area contributed by atoms with Crippen LogP contribution in [0.5, 0.6) is 11.5 Å². The van der Waals surface area contributed by atoms with Crippen LogP contribution in [0.15, 0.2) is 36.4 Å². The molecule has 1 N–H and O–H groups in total. The summed E-state index contributed by atoms with van der Waals surface area (Å²) in [6.45, 7) is 0.423. The van der Waals surface area contributed by atoms with E-state index in [1.165, 1.54) is 11.0 Å². The molecule has 0 unspecified atom stereocenters. The minimum Gasteiger partial charge on any atom is -0.493 e. The Morgan fingerprint density at radius 3 is 2.41 bits per heavy atom. The van der Waals surface area contributed by atoms with Crippen LogP contribution in [0.3, 0.4) is 0 Å². The maximum Gasteiger partial charge on any atom is 0.261 e. The molecule has 4 rings (SSSR count). The number of hydrogen-bond acceptors (Lipinski definition) is 5. The van der Waals surface area contributed by atoms with Crippen molar-refractivity contribution in [3.05, 3.63) is 58.7 Å². The van der Waals surface area contributed by atoms with Gasteiger partial charge in [0.25, 0.3) is 17.7 Å². The molecule has 1 heterocycles. The Kier molecular flexibility index (Phi) is 4.96. The highest BCUT2D eigenvalue weighted by Crippen LogP contribution is 2.35. The van der Waals surface area contributed by atoms with Gasteiger partial charge in [0, 0.05) is 18.2 Å². The Bertz CT molecular complexity index is 997. The van der Waals surface area contributed by atoms with Crippen LogP contribution in [-0.4, -0.2) is 49.4 Å². The van der Waals surface area contributed by atoms with Crippen molar-refractivity contribution in [1.82, 2.24) is 10.2 Å². The van der Waals surface area contributed by atoms with E-state index < -0.39 is 0 Å². The van der Waals surface area contributed by atoms with Gasteiger partial charge in [-0.1, -0.05) is 6.07 Å². The number of amides is 3. The second kappa shape index (κ2) is 7.58. The van der Waals surface area contributed by atoms with Crippen molar-refractivity contribution in [2.45, 2.75) is 25.3 Å². The molecule has 1 aliphatic carbocycles. The molecule has 0 atom stereocenters. The molecule has 1 aliphatic heterocycles. The van der Waals surface area contributed by atoms with Gasteiger partial charge < -0.3 is 14.8 Å². The highest BCUT2D eigenvalue weighted by atomic mass is 16.5. The number of carbonyl (C=O) groups excluding carboxylic acids is 3. The number of carbonyl (C=O) groups is 3. The molecule has 0 radical (unpaired) electrons. The molecule has 0 bridgehead atoms. The average Bonchev–Trinajstić information content (AvgIpc) is 3.54. The van der Waals surface area contributed by atoms with Gasteiger partial charge in [-0.2, -0.15) is 0 Å². The Morgan fingerprint density at radius 2 is 1.72 bits per heavy atom. The topological polar surface area (TPSA) is 84.9 Å². The minimum absolute atomic E-state index is 0.0150. The maximum atomic E-state index is 12.5. The second-order valence-corrected chi connectivity index (χ2v) is 7.17. The second-order valence-electron chi connectivity index (χ2n) is 7.17. The minimum atomic E-state index is -0.299. The summed E-state index contributed by atoms with van der Waals surface area (Å²) in [4.78, 5) is 38.7. The van der Waals surface area contributed by atoms with E-state index in [1.807, 2.05) is 18.2 Å². The third kappa shape index (κ3) is 3.55. The number of nitrogens with one attached hydrogen (secondary N) is 1. The van der Waals surface area contributed by atoms with Gasteiger partial charge in [0.1, 0.15) is 0 Å². The first kappa shape index (κ1) is 19.0. The summed E-state index contributed by atoms with van der Waals surface area (Å²) >= 11 is 0. The fraction of sp³-hybridized carbons (Fsp3) is 0.318. The predicted molar refractivity (Wildman–Crippen MR) is 106 cm³/mol. The number of rotatable bonds is 7. The fourth-order valence-corrected chi connectivity index (χ4v) is 3.52. The lowest BCUT2D eigenvalue weighted by molar-refractivity contribution is 0.0642. The molecule has 0 spiro atoms. The summed E-state index contributed by atoms with van der Waals surface area (Å²) in [5.41, 5.74) is 2.06. The van der Waals surface area contributed by atoms with E-state index in [1.54, 1.807) is 26.4 Å². The Hall–Kier alpha value is -3.35. The van der Waals surface area contributed by atoms with Gasteiger partial charge in [0.2, 0.25) is 0 Å². The molecular formula is C22H22N2O5. The number of fused-ring (bicyclic) bond motifs is 1. The van der Waals surface area contributed by atoms with Crippen LogP contribution in [0.1, 0.15) is 49.5 Å². The zero-order chi connectivity index (χ0) is 20.5.